The number of thioether (sulfide) groups is 1. The molecule has 5 atom stereocenters. The van der Waals surface area contributed by atoms with Crippen LogP contribution < -0.4 is 20.1 Å². The highest BCUT2D eigenvalue weighted by atomic mass is 32.2. The Bertz CT molecular complexity index is 843. The Balaban J connectivity index is 1.40. The van der Waals surface area contributed by atoms with Crippen LogP contribution in [-0.4, -0.2) is 103 Å². The molecule has 2 aliphatic heterocycles. The second-order valence-corrected chi connectivity index (χ2v) is 9.55. The van der Waals surface area contributed by atoms with Crippen LogP contribution in [0.2, 0.25) is 0 Å². The molecule has 0 spiro atoms. The molecular weight excluding hydrogens is 448 g/mol. The Morgan fingerprint density at radius 3 is 2.58 bits per heavy atom. The Morgan fingerprint density at radius 2 is 1.91 bits per heavy atom. The van der Waals surface area contributed by atoms with Gasteiger partial charge in [-0.1, -0.05) is 11.8 Å². The molecule has 2 heterocycles. The average molecular weight is 481 g/mol. The van der Waals surface area contributed by atoms with Gasteiger partial charge >= 0.3 is 0 Å². The van der Waals surface area contributed by atoms with Gasteiger partial charge in [-0.15, -0.1) is 0 Å². The van der Waals surface area contributed by atoms with Crippen molar-refractivity contribution < 1.29 is 29.2 Å². The third-order valence-corrected chi connectivity index (χ3v) is 7.57. The van der Waals surface area contributed by atoms with Crippen LogP contribution in [0.25, 0.3) is 0 Å². The fourth-order valence-corrected chi connectivity index (χ4v) is 5.78. The smallest absolute Gasteiger partial charge is 0.224 e. The number of fused-ring (bicyclic) bond motifs is 1. The first kappa shape index (κ1) is 24.1. The van der Waals surface area contributed by atoms with Crippen molar-refractivity contribution in [2.45, 2.75) is 29.9 Å². The number of nitrogens with zero attached hydrogens (tertiary/aromatic N) is 2. The van der Waals surface area contributed by atoms with E-state index in [-0.39, 0.29) is 17.6 Å². The molecule has 1 aliphatic carbocycles. The van der Waals surface area contributed by atoms with Gasteiger partial charge in [-0.25, -0.2) is 0 Å². The summed E-state index contributed by atoms with van der Waals surface area (Å²) in [6.07, 6.45) is -1.81. The van der Waals surface area contributed by atoms with Gasteiger partial charge in [0.2, 0.25) is 5.91 Å². The molecule has 182 valence electrons. The molecule has 0 aromatic heterocycles. The zero-order valence-electron chi connectivity index (χ0n) is 18.9. The summed E-state index contributed by atoms with van der Waals surface area (Å²) in [5, 5.41) is 27.5. The maximum Gasteiger partial charge on any atom is 0.224 e. The quantitative estimate of drug-likeness (QED) is 0.431. The molecule has 1 saturated carbocycles. The Hall–Kier alpha value is -2.05. The summed E-state index contributed by atoms with van der Waals surface area (Å²) in [7, 11) is 3.16. The molecule has 1 aromatic rings. The number of benzene rings is 1. The van der Waals surface area contributed by atoms with E-state index in [0.717, 1.165) is 25.3 Å². The number of carbonyl (C=O) groups is 1. The first-order valence-electron chi connectivity index (χ1n) is 11.2. The van der Waals surface area contributed by atoms with E-state index < -0.39 is 24.2 Å². The van der Waals surface area contributed by atoms with E-state index in [1.54, 1.807) is 20.3 Å². The van der Waals surface area contributed by atoms with E-state index >= 15 is 0 Å². The number of morpholine rings is 1. The molecule has 0 radical (unpaired) electrons. The topological polar surface area (TPSA) is 125 Å². The van der Waals surface area contributed by atoms with Gasteiger partial charge in [0.1, 0.15) is 17.6 Å². The molecular formula is C22H32N4O6S. The number of amides is 1. The zero-order valence-corrected chi connectivity index (χ0v) is 19.7. The van der Waals surface area contributed by atoms with Crippen molar-refractivity contribution in [1.29, 1.82) is 0 Å². The van der Waals surface area contributed by atoms with Crippen molar-refractivity contribution in [1.82, 2.24) is 10.2 Å². The molecule has 3 aliphatic rings. The van der Waals surface area contributed by atoms with Gasteiger partial charge in [0, 0.05) is 55.3 Å². The van der Waals surface area contributed by atoms with E-state index in [4.69, 9.17) is 14.2 Å². The molecule has 10 nitrogen and oxygen atoms in total. The highest BCUT2D eigenvalue weighted by molar-refractivity contribution is 8.15. The molecule has 1 aromatic carbocycles. The van der Waals surface area contributed by atoms with Gasteiger partial charge in [-0.2, -0.15) is 0 Å². The Labute approximate surface area is 197 Å². The monoisotopic (exact) mass is 480 g/mol. The van der Waals surface area contributed by atoms with E-state index in [9.17, 15) is 15.0 Å². The molecule has 0 bridgehead atoms. The molecule has 11 heteroatoms. The minimum atomic E-state index is -1.01. The van der Waals surface area contributed by atoms with Crippen molar-refractivity contribution in [3.63, 3.8) is 0 Å². The number of hydrogen-bond acceptors (Lipinski definition) is 10. The molecule has 4 N–H and O–H groups in total. The van der Waals surface area contributed by atoms with Gasteiger partial charge < -0.3 is 35.1 Å². The highest BCUT2D eigenvalue weighted by Crippen LogP contribution is 2.41. The predicted molar refractivity (Wildman–Crippen MR) is 126 cm³/mol. The van der Waals surface area contributed by atoms with Crippen LogP contribution in [0.5, 0.6) is 11.5 Å². The van der Waals surface area contributed by atoms with E-state index in [1.807, 2.05) is 12.1 Å². The number of methoxy groups -OCH3 is 2. The Morgan fingerprint density at radius 1 is 1.21 bits per heavy atom. The Kier molecular flexibility index (Phi) is 7.97. The summed E-state index contributed by atoms with van der Waals surface area (Å²) < 4.78 is 16.0. The lowest BCUT2D eigenvalue weighted by Gasteiger charge is -2.37. The summed E-state index contributed by atoms with van der Waals surface area (Å²) in [6, 6.07) is 4.83. The van der Waals surface area contributed by atoms with Crippen molar-refractivity contribution >= 4 is 28.5 Å². The fourth-order valence-electron chi connectivity index (χ4n) is 4.40. The van der Waals surface area contributed by atoms with E-state index in [0.29, 0.717) is 36.4 Å². The van der Waals surface area contributed by atoms with Crippen LogP contribution in [-0.2, 0) is 9.53 Å². The lowest BCUT2D eigenvalue weighted by Crippen LogP contribution is -2.54. The van der Waals surface area contributed by atoms with E-state index in [1.165, 1.54) is 11.8 Å². The van der Waals surface area contributed by atoms with Crippen LogP contribution in [0.1, 0.15) is 6.42 Å². The zero-order chi connectivity index (χ0) is 23.4. The number of aliphatic hydroxyl groups excluding tert-OH is 2. The van der Waals surface area contributed by atoms with Crippen molar-refractivity contribution in [3.8, 4) is 11.5 Å². The number of nitrogens with one attached hydrogen (secondary N) is 2. The summed E-state index contributed by atoms with van der Waals surface area (Å²) in [6.45, 7) is 4.45. The molecule has 1 amide bonds. The van der Waals surface area contributed by atoms with Crippen LogP contribution in [0.4, 0.5) is 5.69 Å². The van der Waals surface area contributed by atoms with Crippen molar-refractivity contribution in [2.24, 2.45) is 10.9 Å². The number of aliphatic hydroxyl groups is 2. The summed E-state index contributed by atoms with van der Waals surface area (Å²) in [4.78, 5) is 19.9. The lowest BCUT2D eigenvalue weighted by molar-refractivity contribution is -0.129. The molecule has 4 rings (SSSR count). The minimum Gasteiger partial charge on any atom is -0.497 e. The summed E-state index contributed by atoms with van der Waals surface area (Å²) >= 11 is 1.42. The maximum atomic E-state index is 13.0. The second kappa shape index (κ2) is 10.9. The summed E-state index contributed by atoms with van der Waals surface area (Å²) in [5.41, 5.74) is 0.720. The number of aliphatic imine (C=N–C) groups is 1. The third-order valence-electron chi connectivity index (χ3n) is 6.26. The van der Waals surface area contributed by atoms with Gasteiger partial charge in [0.15, 0.2) is 5.17 Å². The number of rotatable bonds is 7. The number of ether oxygens (including phenoxy) is 3. The number of carbonyl (C=O) groups excluding carboxylic acids is 1. The maximum absolute atomic E-state index is 13.0. The molecule has 5 unspecified atom stereocenters. The minimum absolute atomic E-state index is 0.115. The fraction of sp³-hybridized carbons (Fsp3) is 0.636. The molecule has 1 saturated heterocycles. The van der Waals surface area contributed by atoms with Gasteiger partial charge in [0.05, 0.1) is 45.5 Å². The third kappa shape index (κ3) is 5.72. The predicted octanol–water partition coefficient (Wildman–Crippen LogP) is 0.146. The van der Waals surface area contributed by atoms with Crippen LogP contribution in [0, 0.1) is 5.92 Å². The van der Waals surface area contributed by atoms with Gasteiger partial charge in [-0.3, -0.25) is 14.7 Å². The normalized spacial score (nSPS) is 29.7. The largest absolute Gasteiger partial charge is 0.497 e. The first-order chi connectivity index (χ1) is 16.0. The number of amidine groups is 1. The molecule has 2 fully saturated rings. The van der Waals surface area contributed by atoms with Crippen LogP contribution in [0.3, 0.4) is 0 Å². The van der Waals surface area contributed by atoms with Crippen molar-refractivity contribution in [3.05, 3.63) is 18.2 Å². The molecule has 33 heavy (non-hydrogen) atoms. The van der Waals surface area contributed by atoms with Crippen LogP contribution >= 0.6 is 11.8 Å². The SMILES string of the molecule is COc1cc(NC2=NC3C(O)C(O)CC(C(=O)NCCN4CCOCC4)C3S2)cc(OC)c1. The second-order valence-electron chi connectivity index (χ2n) is 8.38. The van der Waals surface area contributed by atoms with E-state index in [2.05, 4.69) is 20.5 Å². The lowest BCUT2D eigenvalue weighted by atomic mass is 9.81. The van der Waals surface area contributed by atoms with Gasteiger partial charge in [-0.05, 0) is 6.42 Å². The van der Waals surface area contributed by atoms with Crippen molar-refractivity contribution in [2.75, 3.05) is 58.9 Å². The first-order valence-corrected chi connectivity index (χ1v) is 12.0. The average Bonchev–Trinajstić information content (AvgIpc) is 3.25. The summed E-state index contributed by atoms with van der Waals surface area (Å²) in [5.74, 6) is 0.693. The highest BCUT2D eigenvalue weighted by Gasteiger charge is 2.50. The number of anilines is 1. The van der Waals surface area contributed by atoms with Gasteiger partial charge in [0.25, 0.3) is 0 Å². The standard InChI is InChI=1S/C22H32N4O6S/c1-30-14-9-13(10-15(11-14)31-2)24-22-25-18-19(28)17(27)12-16(20(18)33-22)21(29)23-3-4-26-5-7-32-8-6-26/h9-11,16-20,27-28H,3-8,12H2,1-2H3,(H,23,29)(H,24,25). The number of hydrogen-bond donors (Lipinski definition) is 4. The van der Waals surface area contributed by atoms with Crippen LogP contribution in [0.15, 0.2) is 23.2 Å².